The number of rotatable bonds is 22. The highest BCUT2D eigenvalue weighted by Gasteiger charge is 2.33. The highest BCUT2D eigenvalue weighted by Crippen LogP contribution is 2.20. The number of imide groups is 1. The summed E-state index contributed by atoms with van der Waals surface area (Å²) >= 11 is 0. The summed E-state index contributed by atoms with van der Waals surface area (Å²) < 4.78 is 18.9. The molecule has 1 aromatic heterocycles. The number of alkyl carbamates (subject to hydrolysis) is 1. The van der Waals surface area contributed by atoms with Crippen molar-refractivity contribution >= 4 is 18.1 Å². The second-order valence-electron chi connectivity index (χ2n) is 12.0. The van der Waals surface area contributed by atoms with Gasteiger partial charge in [0.05, 0.1) is 0 Å². The Morgan fingerprint density at radius 3 is 2.11 bits per heavy atom. The van der Waals surface area contributed by atoms with E-state index in [2.05, 4.69) is 12.2 Å². The van der Waals surface area contributed by atoms with Crippen molar-refractivity contribution in [3.63, 3.8) is 0 Å². The van der Waals surface area contributed by atoms with Crippen LogP contribution in [0.25, 0.3) is 0 Å². The predicted octanol–water partition coefficient (Wildman–Crippen LogP) is 7.62. The molecule has 0 unspecified atom stereocenters. The number of aryl methyl sites for hydroxylation is 1. The second kappa shape index (κ2) is 23.7. The van der Waals surface area contributed by atoms with Crippen LogP contribution in [-0.4, -0.2) is 55.0 Å². The lowest BCUT2D eigenvalue weighted by Gasteiger charge is -2.32. The maximum Gasteiger partial charge on any atom is 0.416 e. The van der Waals surface area contributed by atoms with Gasteiger partial charge in [-0.2, -0.15) is 0 Å². The number of aromatic nitrogens is 1. The Labute approximate surface area is 266 Å². The van der Waals surface area contributed by atoms with E-state index in [0.717, 1.165) is 37.9 Å². The van der Waals surface area contributed by atoms with Gasteiger partial charge in [-0.15, -0.1) is 0 Å². The lowest BCUT2D eigenvalue weighted by molar-refractivity contribution is -0.701. The van der Waals surface area contributed by atoms with Crippen molar-refractivity contribution in [3.8, 4) is 0 Å². The zero-order valence-corrected chi connectivity index (χ0v) is 27.9. The van der Waals surface area contributed by atoms with Crippen LogP contribution in [0.2, 0.25) is 0 Å². The number of hydrogen-bond donors (Lipinski definition) is 1. The summed E-state index contributed by atoms with van der Waals surface area (Å²) in [7, 11) is 0. The zero-order chi connectivity index (χ0) is 31.8. The first-order valence-electron chi connectivity index (χ1n) is 17.4. The minimum absolute atomic E-state index is 0.0362. The highest BCUT2D eigenvalue weighted by molar-refractivity contribution is 5.90. The molecule has 0 aliphatic carbocycles. The number of amides is 3. The molecule has 250 valence electrons. The van der Waals surface area contributed by atoms with Crippen LogP contribution >= 0.6 is 0 Å². The van der Waals surface area contributed by atoms with Crippen molar-refractivity contribution in [3.05, 3.63) is 30.1 Å². The summed E-state index contributed by atoms with van der Waals surface area (Å²) in [5.74, 6) is -0.325. The van der Waals surface area contributed by atoms with Crippen LogP contribution in [0.3, 0.4) is 0 Å². The maximum atomic E-state index is 12.9. The molecule has 3 amide bonds. The van der Waals surface area contributed by atoms with Crippen LogP contribution in [0.5, 0.6) is 0 Å². The van der Waals surface area contributed by atoms with Gasteiger partial charge in [-0.3, -0.25) is 4.79 Å². The van der Waals surface area contributed by atoms with Crippen molar-refractivity contribution < 1.29 is 33.2 Å². The first kappa shape index (κ1) is 37.5. The summed E-state index contributed by atoms with van der Waals surface area (Å²) in [6.45, 7) is 7.64. The number of pyridine rings is 1. The van der Waals surface area contributed by atoms with Crippen molar-refractivity contribution in [2.75, 3.05) is 19.8 Å². The van der Waals surface area contributed by atoms with Gasteiger partial charge in [0.25, 0.3) is 0 Å². The number of carbonyl (C=O) groups excluding carboxylic acids is 3. The number of unbranched alkanes of at least 4 members (excludes halogenated alkanes) is 14. The first-order chi connectivity index (χ1) is 21.5. The molecule has 2 heterocycles. The normalized spacial score (nSPS) is 16.3. The van der Waals surface area contributed by atoms with E-state index < -0.39 is 24.4 Å². The summed E-state index contributed by atoms with van der Waals surface area (Å²) in [6, 6.07) is 5.82. The molecule has 1 N–H and O–H groups in total. The topological polar surface area (TPSA) is 98.1 Å². The lowest BCUT2D eigenvalue weighted by Crippen LogP contribution is -2.46. The molecule has 1 aliphatic heterocycles. The second-order valence-corrected chi connectivity index (χ2v) is 12.0. The Bertz CT molecular complexity index is 943. The number of carbonyl (C=O) groups is 3. The minimum Gasteiger partial charge on any atom is -0.447 e. The Morgan fingerprint density at radius 1 is 0.909 bits per heavy atom. The van der Waals surface area contributed by atoms with Gasteiger partial charge in [0, 0.05) is 32.2 Å². The number of hydrogen-bond acceptors (Lipinski definition) is 6. The van der Waals surface area contributed by atoms with E-state index in [1.54, 1.807) is 0 Å². The van der Waals surface area contributed by atoms with E-state index in [1.807, 2.05) is 35.9 Å². The largest absolute Gasteiger partial charge is 0.447 e. The van der Waals surface area contributed by atoms with Crippen molar-refractivity contribution in [1.82, 2.24) is 10.2 Å². The van der Waals surface area contributed by atoms with Gasteiger partial charge in [-0.1, -0.05) is 103 Å². The van der Waals surface area contributed by atoms with Crippen LogP contribution in [0, 0.1) is 0 Å². The monoisotopic (exact) mass is 618 g/mol. The molecule has 1 aliphatic rings. The van der Waals surface area contributed by atoms with E-state index in [4.69, 9.17) is 14.2 Å². The third-order valence-electron chi connectivity index (χ3n) is 8.39. The molecule has 2 rings (SSSR count). The molecular weight excluding hydrogens is 558 g/mol. The third-order valence-corrected chi connectivity index (χ3v) is 8.39. The molecule has 0 saturated carbocycles. The number of ether oxygens (including phenoxy) is 3. The van der Waals surface area contributed by atoms with Gasteiger partial charge < -0.3 is 19.5 Å². The maximum absolute atomic E-state index is 12.9. The molecule has 0 spiro atoms. The van der Waals surface area contributed by atoms with Crippen molar-refractivity contribution in [2.24, 2.45) is 0 Å². The summed E-state index contributed by atoms with van der Waals surface area (Å²) in [5.41, 5.74) is 0.964. The summed E-state index contributed by atoms with van der Waals surface area (Å²) in [5, 5.41) is 2.77. The van der Waals surface area contributed by atoms with Crippen LogP contribution < -0.4 is 9.88 Å². The number of nitrogens with zero attached hydrogens (tertiary/aromatic N) is 2. The first-order valence-corrected chi connectivity index (χ1v) is 17.4. The average molecular weight is 619 g/mol. The Kier molecular flexibility index (Phi) is 20.2. The highest BCUT2D eigenvalue weighted by atomic mass is 16.6. The van der Waals surface area contributed by atoms with Gasteiger partial charge in [0.15, 0.2) is 6.20 Å². The zero-order valence-electron chi connectivity index (χ0n) is 27.9. The molecule has 0 bridgehead atoms. The van der Waals surface area contributed by atoms with Gasteiger partial charge >= 0.3 is 12.2 Å². The molecule has 1 fully saturated rings. The van der Waals surface area contributed by atoms with Crippen LogP contribution in [0.1, 0.15) is 136 Å². The fourth-order valence-electron chi connectivity index (χ4n) is 5.67. The van der Waals surface area contributed by atoms with Gasteiger partial charge in [0.1, 0.15) is 31.9 Å². The Hall–Kier alpha value is -2.68. The fraction of sp³-hybridized carbons (Fsp3) is 0.771. The van der Waals surface area contributed by atoms with Crippen LogP contribution in [0.4, 0.5) is 9.59 Å². The van der Waals surface area contributed by atoms with Crippen molar-refractivity contribution in [2.45, 2.75) is 155 Å². The molecule has 0 radical (unpaired) electrons. The van der Waals surface area contributed by atoms with Gasteiger partial charge in [-0.05, 0) is 26.2 Å². The van der Waals surface area contributed by atoms with E-state index >= 15 is 0 Å². The quantitative estimate of drug-likeness (QED) is 0.106. The molecular formula is C35H60N3O6+. The lowest BCUT2D eigenvalue weighted by atomic mass is 10.0. The van der Waals surface area contributed by atoms with Crippen molar-refractivity contribution in [1.29, 1.82) is 0 Å². The molecule has 0 aromatic carbocycles. The van der Waals surface area contributed by atoms with E-state index in [9.17, 15) is 14.4 Å². The minimum atomic E-state index is -0.652. The molecule has 44 heavy (non-hydrogen) atoms. The number of nitrogens with one attached hydrogen (secondary N) is 1. The van der Waals surface area contributed by atoms with E-state index in [-0.39, 0.29) is 12.5 Å². The summed E-state index contributed by atoms with van der Waals surface area (Å²) in [6.07, 6.45) is 19.8. The van der Waals surface area contributed by atoms with Crippen LogP contribution in [-0.2, 0) is 32.1 Å². The smallest absolute Gasteiger partial charge is 0.416 e. The molecule has 9 nitrogen and oxygen atoms in total. The molecule has 9 heteroatoms. The van der Waals surface area contributed by atoms with E-state index in [0.29, 0.717) is 26.1 Å². The molecule has 2 atom stereocenters. The van der Waals surface area contributed by atoms with E-state index in [1.165, 1.54) is 88.9 Å². The molecule has 1 aromatic rings. The molecule has 1 saturated heterocycles. The summed E-state index contributed by atoms with van der Waals surface area (Å²) in [4.78, 5) is 38.7. The fourth-order valence-corrected chi connectivity index (χ4v) is 5.67. The third kappa shape index (κ3) is 15.9. The SMILES string of the molecule is CCCCCCCCCCCCCCCCCN(C(C)=O)C(=O)O[C@@H]1CCCO[C@H]1COC(=O)NCc1cccc[n+]1CC. The van der Waals surface area contributed by atoms with Gasteiger partial charge in [-0.25, -0.2) is 19.1 Å². The Balaban J connectivity index is 1.61. The predicted molar refractivity (Wildman–Crippen MR) is 172 cm³/mol. The average Bonchev–Trinajstić information content (AvgIpc) is 3.03. The Morgan fingerprint density at radius 2 is 1.52 bits per heavy atom. The van der Waals surface area contributed by atoms with Gasteiger partial charge in [0.2, 0.25) is 11.6 Å². The van der Waals surface area contributed by atoms with Crippen LogP contribution in [0.15, 0.2) is 24.4 Å². The standard InChI is InChI=1S/C35H59N3O6/c1-4-6-7-8-9-10-11-12-13-14-15-16-17-18-20-26-38(30(3)39)35(41)44-32-24-22-27-42-33(32)29-43-34(40)36-28-31-23-19-21-25-37(31)5-2/h19,21,23,25,32-33H,4-18,20,22,24,26-29H2,1-3H3/p+1/t32-,33+/m1/s1.